The van der Waals surface area contributed by atoms with Crippen molar-refractivity contribution >= 4 is 28.3 Å². The predicted octanol–water partition coefficient (Wildman–Crippen LogP) is 2.79. The van der Waals surface area contributed by atoms with Gasteiger partial charge in [-0.1, -0.05) is 22.0 Å². The molecule has 16 heavy (non-hydrogen) atoms. The Hall–Kier alpha value is -0.160. The van der Waals surface area contributed by atoms with E-state index in [-0.39, 0.29) is 18.2 Å². The fourth-order valence-corrected chi connectivity index (χ4v) is 1.73. The van der Waals surface area contributed by atoms with E-state index in [4.69, 9.17) is 5.73 Å². The quantitative estimate of drug-likeness (QED) is 0.926. The Kier molecular flexibility index (Phi) is 7.15. The minimum atomic E-state index is -0.222. The van der Waals surface area contributed by atoms with Crippen LogP contribution in [0, 0.1) is 5.82 Å². The molecular formula is C11H17BrClFN2. The molecule has 0 saturated carbocycles. The maximum atomic E-state index is 12.8. The third kappa shape index (κ3) is 4.37. The van der Waals surface area contributed by atoms with Gasteiger partial charge in [-0.15, -0.1) is 12.4 Å². The van der Waals surface area contributed by atoms with Crippen LogP contribution < -0.4 is 5.73 Å². The third-order valence-electron chi connectivity index (χ3n) is 2.53. The summed E-state index contributed by atoms with van der Waals surface area (Å²) in [4.78, 5) is 2.14. The topological polar surface area (TPSA) is 29.3 Å². The minimum absolute atomic E-state index is 0. The summed E-state index contributed by atoms with van der Waals surface area (Å²) in [7, 11) is 2.01. The van der Waals surface area contributed by atoms with Gasteiger partial charge in [-0.25, -0.2) is 4.39 Å². The van der Waals surface area contributed by atoms with Crippen LogP contribution in [0.5, 0.6) is 0 Å². The Morgan fingerprint density at radius 1 is 1.50 bits per heavy atom. The number of hydrogen-bond acceptors (Lipinski definition) is 2. The van der Waals surface area contributed by atoms with Gasteiger partial charge in [0.1, 0.15) is 5.82 Å². The van der Waals surface area contributed by atoms with E-state index in [1.54, 1.807) is 6.07 Å². The Morgan fingerprint density at radius 3 is 2.62 bits per heavy atom. The molecule has 0 bridgehead atoms. The number of nitrogens with two attached hydrogens (primary N) is 1. The second-order valence-corrected chi connectivity index (χ2v) is 4.59. The van der Waals surface area contributed by atoms with Crippen molar-refractivity contribution in [1.82, 2.24) is 4.90 Å². The standard InChI is InChI=1S/C11H16BrFN2.ClH/c1-8(6-14)15(2)7-9-3-4-10(13)5-11(9)12;/h3-5,8H,6-7,14H2,1-2H3;1H. The molecule has 0 radical (unpaired) electrons. The van der Waals surface area contributed by atoms with E-state index in [0.717, 1.165) is 16.6 Å². The molecule has 92 valence electrons. The maximum absolute atomic E-state index is 12.8. The summed E-state index contributed by atoms with van der Waals surface area (Å²) in [5, 5.41) is 0. The van der Waals surface area contributed by atoms with E-state index >= 15 is 0 Å². The van der Waals surface area contributed by atoms with Gasteiger partial charge in [0.05, 0.1) is 0 Å². The first kappa shape index (κ1) is 15.8. The van der Waals surface area contributed by atoms with E-state index < -0.39 is 0 Å². The molecule has 1 rings (SSSR count). The first-order chi connectivity index (χ1) is 7.04. The number of benzene rings is 1. The summed E-state index contributed by atoms with van der Waals surface area (Å²) in [6, 6.07) is 5.07. The maximum Gasteiger partial charge on any atom is 0.124 e. The van der Waals surface area contributed by atoms with Crippen LogP contribution in [-0.2, 0) is 6.54 Å². The second-order valence-electron chi connectivity index (χ2n) is 3.74. The van der Waals surface area contributed by atoms with Crippen molar-refractivity contribution in [2.75, 3.05) is 13.6 Å². The lowest BCUT2D eigenvalue weighted by atomic mass is 10.2. The van der Waals surface area contributed by atoms with E-state index in [0.29, 0.717) is 12.6 Å². The van der Waals surface area contributed by atoms with Crippen LogP contribution in [0.4, 0.5) is 4.39 Å². The van der Waals surface area contributed by atoms with Crippen molar-refractivity contribution in [2.45, 2.75) is 19.5 Å². The van der Waals surface area contributed by atoms with Crippen LogP contribution in [0.3, 0.4) is 0 Å². The summed E-state index contributed by atoms with van der Waals surface area (Å²) in [5.41, 5.74) is 6.64. The highest BCUT2D eigenvalue weighted by atomic mass is 79.9. The lowest BCUT2D eigenvalue weighted by Gasteiger charge is -2.23. The lowest BCUT2D eigenvalue weighted by Crippen LogP contribution is -2.34. The van der Waals surface area contributed by atoms with Crippen molar-refractivity contribution in [3.05, 3.63) is 34.1 Å². The molecule has 2 N–H and O–H groups in total. The largest absolute Gasteiger partial charge is 0.329 e. The number of hydrogen-bond donors (Lipinski definition) is 1. The molecule has 0 heterocycles. The molecule has 0 aliphatic carbocycles. The molecular weight excluding hydrogens is 294 g/mol. The third-order valence-corrected chi connectivity index (χ3v) is 3.27. The summed E-state index contributed by atoms with van der Waals surface area (Å²) >= 11 is 3.35. The molecule has 0 aliphatic rings. The summed E-state index contributed by atoms with van der Waals surface area (Å²) in [6.45, 7) is 3.45. The number of rotatable bonds is 4. The van der Waals surface area contributed by atoms with Crippen molar-refractivity contribution in [3.63, 3.8) is 0 Å². The monoisotopic (exact) mass is 310 g/mol. The molecule has 1 aromatic carbocycles. The normalized spacial score (nSPS) is 12.4. The van der Waals surface area contributed by atoms with Crippen LogP contribution in [0.2, 0.25) is 0 Å². The number of halogens is 3. The average molecular weight is 312 g/mol. The molecule has 0 saturated heterocycles. The highest BCUT2D eigenvalue weighted by Gasteiger charge is 2.09. The van der Waals surface area contributed by atoms with E-state index in [1.165, 1.54) is 12.1 Å². The van der Waals surface area contributed by atoms with Crippen LogP contribution in [0.15, 0.2) is 22.7 Å². The highest BCUT2D eigenvalue weighted by molar-refractivity contribution is 9.10. The van der Waals surface area contributed by atoms with Gasteiger partial charge in [-0.05, 0) is 31.7 Å². The first-order valence-corrected chi connectivity index (χ1v) is 5.68. The molecule has 5 heteroatoms. The average Bonchev–Trinajstić information content (AvgIpc) is 2.20. The van der Waals surface area contributed by atoms with Crippen molar-refractivity contribution in [3.8, 4) is 0 Å². The van der Waals surface area contributed by atoms with Gasteiger partial charge in [-0.3, -0.25) is 4.90 Å². The zero-order valence-corrected chi connectivity index (χ0v) is 11.8. The molecule has 1 atom stereocenters. The fourth-order valence-electron chi connectivity index (χ4n) is 1.25. The summed E-state index contributed by atoms with van der Waals surface area (Å²) in [5.74, 6) is -0.222. The molecule has 0 spiro atoms. The van der Waals surface area contributed by atoms with E-state index in [2.05, 4.69) is 27.8 Å². The minimum Gasteiger partial charge on any atom is -0.329 e. The fraction of sp³-hybridized carbons (Fsp3) is 0.455. The Morgan fingerprint density at radius 2 is 2.12 bits per heavy atom. The first-order valence-electron chi connectivity index (χ1n) is 4.89. The van der Waals surface area contributed by atoms with Gasteiger partial charge in [0.15, 0.2) is 0 Å². The summed E-state index contributed by atoms with van der Waals surface area (Å²) in [6.07, 6.45) is 0. The van der Waals surface area contributed by atoms with Crippen molar-refractivity contribution in [1.29, 1.82) is 0 Å². The van der Waals surface area contributed by atoms with Crippen LogP contribution in [0.25, 0.3) is 0 Å². The molecule has 0 aromatic heterocycles. The molecule has 2 nitrogen and oxygen atoms in total. The van der Waals surface area contributed by atoms with Crippen LogP contribution in [-0.4, -0.2) is 24.5 Å². The van der Waals surface area contributed by atoms with E-state index in [9.17, 15) is 4.39 Å². The van der Waals surface area contributed by atoms with Crippen molar-refractivity contribution < 1.29 is 4.39 Å². The summed E-state index contributed by atoms with van der Waals surface area (Å²) < 4.78 is 13.7. The van der Waals surface area contributed by atoms with Gasteiger partial charge in [-0.2, -0.15) is 0 Å². The highest BCUT2D eigenvalue weighted by Crippen LogP contribution is 2.19. The zero-order valence-electron chi connectivity index (χ0n) is 9.41. The van der Waals surface area contributed by atoms with Gasteiger partial charge < -0.3 is 5.73 Å². The molecule has 0 aliphatic heterocycles. The molecule has 1 unspecified atom stereocenters. The molecule has 1 aromatic rings. The van der Waals surface area contributed by atoms with E-state index in [1.807, 2.05) is 7.05 Å². The number of likely N-dealkylation sites (N-methyl/N-ethyl adjacent to an activating group) is 1. The Balaban J connectivity index is 0.00000225. The predicted molar refractivity (Wildman–Crippen MR) is 71.3 cm³/mol. The van der Waals surface area contributed by atoms with Crippen LogP contribution in [0.1, 0.15) is 12.5 Å². The molecule has 0 fully saturated rings. The van der Waals surface area contributed by atoms with Gasteiger partial charge in [0, 0.05) is 23.6 Å². The van der Waals surface area contributed by atoms with Crippen molar-refractivity contribution in [2.24, 2.45) is 5.73 Å². The smallest absolute Gasteiger partial charge is 0.124 e. The Labute approximate surface area is 111 Å². The van der Waals surface area contributed by atoms with Gasteiger partial charge >= 0.3 is 0 Å². The second kappa shape index (κ2) is 7.22. The van der Waals surface area contributed by atoms with Gasteiger partial charge in [0.2, 0.25) is 0 Å². The zero-order chi connectivity index (χ0) is 11.4. The molecule has 0 amide bonds. The number of nitrogens with zero attached hydrogens (tertiary/aromatic N) is 1. The van der Waals surface area contributed by atoms with Crippen LogP contribution >= 0.6 is 28.3 Å². The lowest BCUT2D eigenvalue weighted by molar-refractivity contribution is 0.254. The van der Waals surface area contributed by atoms with Gasteiger partial charge in [0.25, 0.3) is 0 Å². The Bertz CT molecular complexity index is 336. The SMILES string of the molecule is CC(CN)N(C)Cc1ccc(F)cc1Br.Cl.